The van der Waals surface area contributed by atoms with Crippen LogP contribution in [0, 0.1) is 0 Å². The number of hydrogen-bond donors (Lipinski definition) is 2. The molecule has 2 rings (SSSR count). The summed E-state index contributed by atoms with van der Waals surface area (Å²) in [4.78, 5) is 16.2. The van der Waals surface area contributed by atoms with Gasteiger partial charge in [-0.25, -0.2) is 4.98 Å². The Labute approximate surface area is 123 Å². The Kier molecular flexibility index (Phi) is 3.96. The Balaban J connectivity index is 2.33. The van der Waals surface area contributed by atoms with Crippen LogP contribution in [0.5, 0.6) is 0 Å². The molecule has 0 aliphatic heterocycles. The van der Waals surface area contributed by atoms with Gasteiger partial charge in [-0.15, -0.1) is 0 Å². The van der Waals surface area contributed by atoms with Gasteiger partial charge >= 0.3 is 0 Å². The number of nitrogens with one attached hydrogen (secondary N) is 1. The van der Waals surface area contributed by atoms with Crippen LogP contribution < -0.4 is 11.1 Å². The van der Waals surface area contributed by atoms with Crippen LogP contribution in [0.1, 0.15) is 16.1 Å². The summed E-state index contributed by atoms with van der Waals surface area (Å²) in [6.07, 6.45) is 3.05. The lowest BCUT2D eigenvalue weighted by molar-refractivity contribution is 0.101. The number of amides is 1. The summed E-state index contributed by atoms with van der Waals surface area (Å²) < 4.78 is 2.46. The lowest BCUT2D eigenvalue weighted by atomic mass is 10.1. The molecule has 0 spiro atoms. The van der Waals surface area contributed by atoms with E-state index in [1.54, 1.807) is 30.1 Å². The van der Waals surface area contributed by atoms with Crippen molar-refractivity contribution in [2.24, 2.45) is 12.8 Å². The molecule has 1 aromatic heterocycles. The maximum absolute atomic E-state index is 12.1. The van der Waals surface area contributed by atoms with Crippen LogP contribution in [0.3, 0.4) is 0 Å². The average molecular weight is 339 g/mol. The summed E-state index contributed by atoms with van der Waals surface area (Å²) in [5, 5.41) is 2.78. The number of anilines is 1. The molecule has 2 aromatic rings. The number of nitrogens with zero attached hydrogens (tertiary/aromatic N) is 2. The van der Waals surface area contributed by atoms with Gasteiger partial charge in [0.2, 0.25) is 0 Å². The minimum Gasteiger partial charge on any atom is -0.389 e. The zero-order valence-corrected chi connectivity index (χ0v) is 12.5. The highest BCUT2D eigenvalue weighted by atomic mass is 79.9. The molecule has 1 heterocycles. The number of rotatable bonds is 3. The molecule has 19 heavy (non-hydrogen) atoms. The highest BCUT2D eigenvalue weighted by molar-refractivity contribution is 9.10. The first-order chi connectivity index (χ1) is 8.99. The van der Waals surface area contributed by atoms with E-state index in [0.717, 1.165) is 4.47 Å². The largest absolute Gasteiger partial charge is 0.389 e. The lowest BCUT2D eigenvalue weighted by Crippen LogP contribution is -2.19. The standard InChI is InChI=1S/C12H11BrN4OS/c1-17-6-15-5-10(17)12(18)16-9-4-7(13)2-3-8(9)11(14)19/h2-6H,1H3,(H2,14,19)(H,16,18). The van der Waals surface area contributed by atoms with E-state index in [9.17, 15) is 4.79 Å². The van der Waals surface area contributed by atoms with E-state index in [-0.39, 0.29) is 10.9 Å². The monoisotopic (exact) mass is 338 g/mol. The first-order valence-corrected chi connectivity index (χ1v) is 6.56. The molecule has 0 aliphatic carbocycles. The predicted molar refractivity (Wildman–Crippen MR) is 81.2 cm³/mol. The maximum atomic E-state index is 12.1. The molecule has 0 saturated carbocycles. The molecule has 0 unspecified atom stereocenters. The fourth-order valence-corrected chi connectivity index (χ4v) is 2.14. The van der Waals surface area contributed by atoms with Crippen LogP contribution in [0.2, 0.25) is 0 Å². The van der Waals surface area contributed by atoms with Crippen molar-refractivity contribution in [1.29, 1.82) is 0 Å². The van der Waals surface area contributed by atoms with Gasteiger partial charge in [0, 0.05) is 17.1 Å². The van der Waals surface area contributed by atoms with Crippen LogP contribution in [0.25, 0.3) is 0 Å². The van der Waals surface area contributed by atoms with Gasteiger partial charge in [-0.2, -0.15) is 0 Å². The van der Waals surface area contributed by atoms with Gasteiger partial charge in [-0.1, -0.05) is 28.1 Å². The van der Waals surface area contributed by atoms with Gasteiger partial charge in [-0.3, -0.25) is 4.79 Å². The number of aryl methyl sites for hydroxylation is 1. The fourth-order valence-electron chi connectivity index (χ4n) is 1.60. The molecule has 0 saturated heterocycles. The van der Waals surface area contributed by atoms with Gasteiger partial charge in [-0.05, 0) is 18.2 Å². The number of benzene rings is 1. The van der Waals surface area contributed by atoms with Crippen LogP contribution in [-0.2, 0) is 7.05 Å². The van der Waals surface area contributed by atoms with Crippen molar-refractivity contribution in [1.82, 2.24) is 9.55 Å². The van der Waals surface area contributed by atoms with Crippen molar-refractivity contribution in [2.75, 3.05) is 5.32 Å². The zero-order valence-electron chi connectivity index (χ0n) is 10.1. The van der Waals surface area contributed by atoms with E-state index in [4.69, 9.17) is 18.0 Å². The Morgan fingerprint density at radius 1 is 1.53 bits per heavy atom. The first-order valence-electron chi connectivity index (χ1n) is 5.36. The molecule has 3 N–H and O–H groups in total. The Morgan fingerprint density at radius 2 is 2.26 bits per heavy atom. The summed E-state index contributed by atoms with van der Waals surface area (Å²) in [6, 6.07) is 5.32. The minimum absolute atomic E-state index is 0.229. The Morgan fingerprint density at radius 3 is 2.84 bits per heavy atom. The molecular weight excluding hydrogens is 328 g/mol. The second-order valence-electron chi connectivity index (χ2n) is 3.90. The first kappa shape index (κ1) is 13.7. The normalized spacial score (nSPS) is 10.2. The lowest BCUT2D eigenvalue weighted by Gasteiger charge is -2.10. The molecule has 7 heteroatoms. The molecule has 5 nitrogen and oxygen atoms in total. The summed E-state index contributed by atoms with van der Waals surface area (Å²) in [5.41, 5.74) is 7.27. The third kappa shape index (κ3) is 2.99. The molecule has 0 aliphatic rings. The van der Waals surface area contributed by atoms with Crippen molar-refractivity contribution in [2.45, 2.75) is 0 Å². The SMILES string of the molecule is Cn1cncc1C(=O)Nc1cc(Br)ccc1C(N)=S. The van der Waals surface area contributed by atoms with Crippen LogP contribution in [0.4, 0.5) is 5.69 Å². The second kappa shape index (κ2) is 5.50. The third-order valence-corrected chi connectivity index (χ3v) is 3.26. The smallest absolute Gasteiger partial charge is 0.273 e. The third-order valence-electron chi connectivity index (χ3n) is 2.54. The highest BCUT2D eigenvalue weighted by Gasteiger charge is 2.13. The molecule has 98 valence electrons. The van der Waals surface area contributed by atoms with E-state index >= 15 is 0 Å². The number of carbonyl (C=O) groups is 1. The topological polar surface area (TPSA) is 72.9 Å². The summed E-state index contributed by atoms with van der Waals surface area (Å²) in [6.45, 7) is 0. The van der Waals surface area contributed by atoms with Crippen molar-refractivity contribution < 1.29 is 4.79 Å². The zero-order chi connectivity index (χ0) is 14.0. The predicted octanol–water partition coefficient (Wildman–Crippen LogP) is 2.07. The summed E-state index contributed by atoms with van der Waals surface area (Å²) >= 11 is 8.31. The van der Waals surface area contributed by atoms with Crippen molar-refractivity contribution in [3.8, 4) is 0 Å². The summed E-state index contributed by atoms with van der Waals surface area (Å²) in [5.74, 6) is -0.268. The fraction of sp³-hybridized carbons (Fsp3) is 0.0833. The second-order valence-corrected chi connectivity index (χ2v) is 5.25. The van der Waals surface area contributed by atoms with E-state index in [1.807, 2.05) is 6.07 Å². The van der Waals surface area contributed by atoms with Gasteiger partial charge < -0.3 is 15.6 Å². The van der Waals surface area contributed by atoms with Crippen molar-refractivity contribution >= 4 is 44.7 Å². The van der Waals surface area contributed by atoms with E-state index in [1.165, 1.54) is 6.20 Å². The highest BCUT2D eigenvalue weighted by Crippen LogP contribution is 2.22. The van der Waals surface area contributed by atoms with Crippen LogP contribution in [-0.4, -0.2) is 20.4 Å². The number of carbonyl (C=O) groups excluding carboxylic acids is 1. The molecule has 0 fully saturated rings. The number of hydrogen-bond acceptors (Lipinski definition) is 3. The van der Waals surface area contributed by atoms with Crippen LogP contribution in [0.15, 0.2) is 35.2 Å². The number of aromatic nitrogens is 2. The number of halogens is 1. The molecule has 0 radical (unpaired) electrons. The number of nitrogens with two attached hydrogens (primary N) is 1. The van der Waals surface area contributed by atoms with Crippen molar-refractivity contribution in [3.05, 3.63) is 46.5 Å². The molecule has 0 atom stereocenters. The minimum atomic E-state index is -0.268. The van der Waals surface area contributed by atoms with E-state index < -0.39 is 0 Å². The van der Waals surface area contributed by atoms with Gasteiger partial charge in [0.05, 0.1) is 18.2 Å². The molecule has 1 amide bonds. The Hall–Kier alpha value is -1.73. The molecular formula is C12H11BrN4OS. The van der Waals surface area contributed by atoms with E-state index in [0.29, 0.717) is 16.9 Å². The Bertz CT molecular complexity index is 653. The maximum Gasteiger partial charge on any atom is 0.273 e. The number of thiocarbonyl (C=S) groups is 1. The summed E-state index contributed by atoms with van der Waals surface area (Å²) in [7, 11) is 1.75. The van der Waals surface area contributed by atoms with Crippen molar-refractivity contribution in [3.63, 3.8) is 0 Å². The average Bonchev–Trinajstić information content (AvgIpc) is 2.75. The van der Waals surface area contributed by atoms with Gasteiger partial charge in [0.25, 0.3) is 5.91 Å². The van der Waals surface area contributed by atoms with Gasteiger partial charge in [0.1, 0.15) is 10.7 Å². The molecule has 0 bridgehead atoms. The quantitative estimate of drug-likeness (QED) is 0.840. The molecule has 1 aromatic carbocycles. The van der Waals surface area contributed by atoms with Crippen LogP contribution >= 0.6 is 28.1 Å². The van der Waals surface area contributed by atoms with E-state index in [2.05, 4.69) is 26.2 Å². The number of imidazole rings is 1. The van der Waals surface area contributed by atoms with Gasteiger partial charge in [0.15, 0.2) is 0 Å².